The van der Waals surface area contributed by atoms with Crippen molar-refractivity contribution in [1.82, 2.24) is 9.78 Å². The van der Waals surface area contributed by atoms with Gasteiger partial charge < -0.3 is 4.74 Å². The second-order valence-corrected chi connectivity index (χ2v) is 9.22. The minimum absolute atomic E-state index is 0.0859. The molecule has 1 aromatic carbocycles. The van der Waals surface area contributed by atoms with E-state index in [2.05, 4.69) is 77.9 Å². The van der Waals surface area contributed by atoms with Gasteiger partial charge in [0.05, 0.1) is 16.8 Å². The fourth-order valence-corrected chi connectivity index (χ4v) is 3.29. The second kappa shape index (κ2) is 6.66. The SMILES string of the molecule is C=Cc1ccc(C2=NC(C)(C)CO2)c(-c2cc(C(C)C)n(C(C)(C)C)n2)c1. The van der Waals surface area contributed by atoms with Gasteiger partial charge in [-0.2, -0.15) is 5.10 Å². The average Bonchev–Trinajstić information content (AvgIpc) is 3.17. The molecule has 2 aromatic rings. The van der Waals surface area contributed by atoms with Crippen molar-refractivity contribution >= 4 is 12.0 Å². The number of aromatic nitrogens is 2. The standard InChI is InChI=1S/C23H31N3O/c1-9-16-10-11-17(21-24-23(7,8)14-27-21)18(12-16)19-13-20(15(2)3)26(25-19)22(4,5)6/h9-13,15H,1,14H2,2-8H3. The molecule has 4 heteroatoms. The fourth-order valence-electron chi connectivity index (χ4n) is 3.29. The van der Waals surface area contributed by atoms with Crippen molar-refractivity contribution in [3.8, 4) is 11.3 Å². The van der Waals surface area contributed by atoms with E-state index < -0.39 is 0 Å². The van der Waals surface area contributed by atoms with E-state index in [1.807, 2.05) is 12.1 Å². The summed E-state index contributed by atoms with van der Waals surface area (Å²) >= 11 is 0. The van der Waals surface area contributed by atoms with Gasteiger partial charge in [-0.25, -0.2) is 4.99 Å². The Balaban J connectivity index is 2.21. The lowest BCUT2D eigenvalue weighted by molar-refractivity contribution is 0.279. The average molecular weight is 366 g/mol. The molecule has 1 aliphatic rings. The molecule has 27 heavy (non-hydrogen) atoms. The van der Waals surface area contributed by atoms with Crippen molar-refractivity contribution < 1.29 is 4.74 Å². The summed E-state index contributed by atoms with van der Waals surface area (Å²) in [6.45, 7) is 19.6. The molecule has 1 aliphatic heterocycles. The van der Waals surface area contributed by atoms with E-state index in [-0.39, 0.29) is 11.1 Å². The lowest BCUT2D eigenvalue weighted by atomic mass is 9.99. The third kappa shape index (κ3) is 3.85. The van der Waals surface area contributed by atoms with Crippen molar-refractivity contribution in [2.45, 2.75) is 65.5 Å². The number of nitrogens with zero attached hydrogens (tertiary/aromatic N) is 3. The Morgan fingerprint density at radius 3 is 2.37 bits per heavy atom. The van der Waals surface area contributed by atoms with Crippen LogP contribution in [0.15, 0.2) is 35.8 Å². The fraction of sp³-hybridized carbons (Fsp3) is 0.478. The van der Waals surface area contributed by atoms with E-state index in [0.29, 0.717) is 18.4 Å². The lowest BCUT2D eigenvalue weighted by Gasteiger charge is -2.23. The van der Waals surface area contributed by atoms with Gasteiger partial charge in [0.15, 0.2) is 0 Å². The maximum Gasteiger partial charge on any atom is 0.217 e. The van der Waals surface area contributed by atoms with Crippen LogP contribution in [0.25, 0.3) is 17.3 Å². The Hall–Kier alpha value is -2.36. The Kier molecular flexibility index (Phi) is 4.79. The van der Waals surface area contributed by atoms with E-state index in [4.69, 9.17) is 14.8 Å². The Morgan fingerprint density at radius 1 is 1.19 bits per heavy atom. The van der Waals surface area contributed by atoms with Gasteiger partial charge in [-0.15, -0.1) is 0 Å². The topological polar surface area (TPSA) is 39.4 Å². The number of aliphatic imine (C=N–C) groups is 1. The molecular formula is C23H31N3O. The summed E-state index contributed by atoms with van der Waals surface area (Å²) < 4.78 is 8.07. The van der Waals surface area contributed by atoms with E-state index in [0.717, 1.165) is 22.4 Å². The molecular weight excluding hydrogens is 334 g/mol. The molecule has 1 aromatic heterocycles. The summed E-state index contributed by atoms with van der Waals surface area (Å²) in [6, 6.07) is 8.44. The molecule has 0 aliphatic carbocycles. The molecule has 0 fully saturated rings. The van der Waals surface area contributed by atoms with E-state index >= 15 is 0 Å². The van der Waals surface area contributed by atoms with Crippen LogP contribution in [-0.2, 0) is 10.3 Å². The number of ether oxygens (including phenoxy) is 1. The molecule has 144 valence electrons. The molecule has 2 heterocycles. The molecule has 0 N–H and O–H groups in total. The molecule has 0 radical (unpaired) electrons. The molecule has 0 saturated carbocycles. The first-order valence-electron chi connectivity index (χ1n) is 9.62. The first-order valence-corrected chi connectivity index (χ1v) is 9.62. The van der Waals surface area contributed by atoms with Crippen molar-refractivity contribution in [1.29, 1.82) is 0 Å². The van der Waals surface area contributed by atoms with E-state index in [9.17, 15) is 0 Å². The van der Waals surface area contributed by atoms with Gasteiger partial charge in [0.25, 0.3) is 0 Å². The monoisotopic (exact) mass is 365 g/mol. The zero-order valence-corrected chi connectivity index (χ0v) is 17.6. The van der Waals surface area contributed by atoms with Crippen molar-refractivity contribution in [3.05, 3.63) is 47.7 Å². The van der Waals surface area contributed by atoms with Crippen LogP contribution in [0.4, 0.5) is 0 Å². The molecule has 0 unspecified atom stereocenters. The maximum absolute atomic E-state index is 5.93. The molecule has 0 spiro atoms. The molecule has 0 atom stereocenters. The van der Waals surface area contributed by atoms with Crippen molar-refractivity contribution in [3.63, 3.8) is 0 Å². The zero-order valence-electron chi connectivity index (χ0n) is 17.6. The summed E-state index contributed by atoms with van der Waals surface area (Å²) in [5.41, 5.74) is 4.97. The van der Waals surface area contributed by atoms with Crippen molar-refractivity contribution in [2.24, 2.45) is 4.99 Å². The van der Waals surface area contributed by atoms with E-state index in [1.165, 1.54) is 5.69 Å². The van der Waals surface area contributed by atoms with Crippen LogP contribution in [0.2, 0.25) is 0 Å². The van der Waals surface area contributed by atoms with Crippen LogP contribution in [0.3, 0.4) is 0 Å². The van der Waals surface area contributed by atoms with Gasteiger partial charge in [0.1, 0.15) is 6.61 Å². The Morgan fingerprint density at radius 2 is 1.89 bits per heavy atom. The second-order valence-electron chi connectivity index (χ2n) is 9.22. The summed E-state index contributed by atoms with van der Waals surface area (Å²) in [6.07, 6.45) is 1.86. The van der Waals surface area contributed by atoms with Crippen LogP contribution < -0.4 is 0 Å². The van der Waals surface area contributed by atoms with Gasteiger partial charge in [-0.3, -0.25) is 4.68 Å². The first-order chi connectivity index (χ1) is 12.5. The zero-order chi connectivity index (χ0) is 20.0. The largest absolute Gasteiger partial charge is 0.475 e. The highest BCUT2D eigenvalue weighted by atomic mass is 16.5. The normalized spacial score (nSPS) is 16.4. The molecule has 4 nitrogen and oxygen atoms in total. The number of rotatable bonds is 4. The summed E-state index contributed by atoms with van der Waals surface area (Å²) in [5, 5.41) is 4.99. The predicted molar refractivity (Wildman–Crippen MR) is 113 cm³/mol. The highest BCUT2D eigenvalue weighted by Gasteiger charge is 2.29. The summed E-state index contributed by atoms with van der Waals surface area (Å²) in [7, 11) is 0. The predicted octanol–water partition coefficient (Wildman–Crippen LogP) is 5.63. The first kappa shape index (κ1) is 19.4. The maximum atomic E-state index is 5.93. The van der Waals surface area contributed by atoms with Gasteiger partial charge >= 0.3 is 0 Å². The van der Waals surface area contributed by atoms with Gasteiger partial charge in [-0.1, -0.05) is 32.6 Å². The van der Waals surface area contributed by atoms with Crippen LogP contribution in [-0.4, -0.2) is 27.8 Å². The van der Waals surface area contributed by atoms with Gasteiger partial charge in [0, 0.05) is 16.8 Å². The smallest absolute Gasteiger partial charge is 0.217 e. The number of benzene rings is 1. The summed E-state index contributed by atoms with van der Waals surface area (Å²) in [4.78, 5) is 4.78. The van der Waals surface area contributed by atoms with Gasteiger partial charge in [0.2, 0.25) is 5.90 Å². The Labute approximate surface area is 163 Å². The van der Waals surface area contributed by atoms with Crippen LogP contribution in [0, 0.1) is 0 Å². The quantitative estimate of drug-likeness (QED) is 0.705. The summed E-state index contributed by atoms with van der Waals surface area (Å²) in [5.74, 6) is 1.08. The molecule has 0 saturated heterocycles. The highest BCUT2D eigenvalue weighted by Crippen LogP contribution is 2.33. The molecule has 0 amide bonds. The highest BCUT2D eigenvalue weighted by molar-refractivity contribution is 6.01. The van der Waals surface area contributed by atoms with Crippen LogP contribution >= 0.6 is 0 Å². The minimum atomic E-state index is -0.197. The van der Waals surface area contributed by atoms with Crippen LogP contribution in [0.1, 0.15) is 71.2 Å². The van der Waals surface area contributed by atoms with Crippen molar-refractivity contribution in [2.75, 3.05) is 6.61 Å². The third-order valence-electron chi connectivity index (χ3n) is 4.72. The third-order valence-corrected chi connectivity index (χ3v) is 4.72. The van der Waals surface area contributed by atoms with Crippen LogP contribution in [0.5, 0.6) is 0 Å². The lowest BCUT2D eigenvalue weighted by Crippen LogP contribution is -2.25. The molecule has 3 rings (SSSR count). The number of hydrogen-bond donors (Lipinski definition) is 0. The molecule has 0 bridgehead atoms. The number of hydrogen-bond acceptors (Lipinski definition) is 3. The minimum Gasteiger partial charge on any atom is -0.475 e. The Bertz CT molecular complexity index is 895. The van der Waals surface area contributed by atoms with Gasteiger partial charge in [-0.05, 0) is 64.3 Å². The van der Waals surface area contributed by atoms with E-state index in [1.54, 1.807) is 0 Å².